The average Bonchev–Trinajstić information content (AvgIpc) is 2.38. The summed E-state index contributed by atoms with van der Waals surface area (Å²) in [7, 11) is 3.17. The Hall–Kier alpha value is -2.10. The van der Waals surface area contributed by atoms with Gasteiger partial charge in [0.05, 0.1) is 14.2 Å². The Kier molecular flexibility index (Phi) is 3.00. The molecule has 0 saturated heterocycles. The van der Waals surface area contributed by atoms with Gasteiger partial charge in [-0.15, -0.1) is 0 Å². The van der Waals surface area contributed by atoms with E-state index in [1.54, 1.807) is 32.8 Å². The van der Waals surface area contributed by atoms with E-state index in [2.05, 4.69) is 9.97 Å². The fourth-order valence-corrected chi connectivity index (χ4v) is 1.53. The van der Waals surface area contributed by atoms with Crippen molar-refractivity contribution in [2.75, 3.05) is 14.2 Å². The van der Waals surface area contributed by atoms with Crippen LogP contribution in [0.3, 0.4) is 0 Å². The maximum absolute atomic E-state index is 5.31. The van der Waals surface area contributed by atoms with E-state index in [-0.39, 0.29) is 0 Å². The Labute approximate surface area is 93.9 Å². The first-order chi connectivity index (χ1) is 7.86. The van der Waals surface area contributed by atoms with Crippen LogP contribution in [0.1, 0.15) is 0 Å². The standard InChI is InChI=1S/C12H12N2O2/c1-15-11-10(5-8-14-12(11)16-2)9-3-6-13-7-4-9/h3-8H,1-2H3. The minimum Gasteiger partial charge on any atom is -0.491 e. The molecule has 82 valence electrons. The van der Waals surface area contributed by atoms with Crippen LogP contribution in [-0.2, 0) is 0 Å². The highest BCUT2D eigenvalue weighted by atomic mass is 16.5. The molecule has 0 aliphatic carbocycles. The molecule has 2 aromatic rings. The van der Waals surface area contributed by atoms with Gasteiger partial charge in [0, 0.05) is 24.2 Å². The number of hydrogen-bond acceptors (Lipinski definition) is 4. The second-order valence-corrected chi connectivity index (χ2v) is 3.14. The van der Waals surface area contributed by atoms with Gasteiger partial charge in [0.15, 0.2) is 5.75 Å². The van der Waals surface area contributed by atoms with Gasteiger partial charge in [-0.3, -0.25) is 4.98 Å². The van der Waals surface area contributed by atoms with Crippen LogP contribution in [0.4, 0.5) is 0 Å². The number of ether oxygens (including phenoxy) is 2. The number of methoxy groups -OCH3 is 2. The summed E-state index contributed by atoms with van der Waals surface area (Å²) in [6.07, 6.45) is 5.17. The van der Waals surface area contributed by atoms with Crippen molar-refractivity contribution in [2.45, 2.75) is 0 Å². The van der Waals surface area contributed by atoms with E-state index in [0.29, 0.717) is 11.6 Å². The molecule has 0 bridgehead atoms. The quantitative estimate of drug-likeness (QED) is 0.788. The summed E-state index contributed by atoms with van der Waals surface area (Å²) < 4.78 is 10.5. The molecule has 16 heavy (non-hydrogen) atoms. The molecule has 0 radical (unpaired) electrons. The zero-order valence-electron chi connectivity index (χ0n) is 9.18. The molecule has 0 aliphatic rings. The Morgan fingerprint density at radius 2 is 1.69 bits per heavy atom. The van der Waals surface area contributed by atoms with Crippen molar-refractivity contribution in [3.8, 4) is 22.8 Å². The summed E-state index contributed by atoms with van der Waals surface area (Å²) in [5, 5.41) is 0. The van der Waals surface area contributed by atoms with Gasteiger partial charge in [-0.2, -0.15) is 0 Å². The number of rotatable bonds is 3. The van der Waals surface area contributed by atoms with Crippen LogP contribution in [0.15, 0.2) is 36.8 Å². The molecule has 4 nitrogen and oxygen atoms in total. The van der Waals surface area contributed by atoms with Gasteiger partial charge in [-0.25, -0.2) is 4.98 Å². The third kappa shape index (κ3) is 1.82. The summed E-state index contributed by atoms with van der Waals surface area (Å²) >= 11 is 0. The first-order valence-electron chi connectivity index (χ1n) is 4.84. The highest BCUT2D eigenvalue weighted by Crippen LogP contribution is 2.35. The van der Waals surface area contributed by atoms with E-state index in [1.165, 1.54) is 0 Å². The molecule has 4 heteroatoms. The van der Waals surface area contributed by atoms with Crippen LogP contribution in [0.25, 0.3) is 11.1 Å². The average molecular weight is 216 g/mol. The van der Waals surface area contributed by atoms with Gasteiger partial charge in [-0.05, 0) is 23.8 Å². The molecule has 0 unspecified atom stereocenters. The van der Waals surface area contributed by atoms with Crippen molar-refractivity contribution in [1.82, 2.24) is 9.97 Å². The lowest BCUT2D eigenvalue weighted by Gasteiger charge is -2.11. The molecule has 0 aliphatic heterocycles. The van der Waals surface area contributed by atoms with E-state index in [0.717, 1.165) is 11.1 Å². The zero-order valence-corrected chi connectivity index (χ0v) is 9.18. The molecule has 0 saturated carbocycles. The highest BCUT2D eigenvalue weighted by molar-refractivity contribution is 5.71. The second-order valence-electron chi connectivity index (χ2n) is 3.14. The van der Waals surface area contributed by atoms with E-state index < -0.39 is 0 Å². The fraction of sp³-hybridized carbons (Fsp3) is 0.167. The normalized spacial score (nSPS) is 9.88. The zero-order chi connectivity index (χ0) is 11.4. The number of aromatic nitrogens is 2. The molecule has 0 fully saturated rings. The van der Waals surface area contributed by atoms with Crippen molar-refractivity contribution in [3.63, 3.8) is 0 Å². The Bertz CT molecular complexity index is 472. The summed E-state index contributed by atoms with van der Waals surface area (Å²) in [4.78, 5) is 8.07. The van der Waals surface area contributed by atoms with E-state index >= 15 is 0 Å². The molecular formula is C12H12N2O2. The molecule has 2 rings (SSSR count). The smallest absolute Gasteiger partial charge is 0.257 e. The van der Waals surface area contributed by atoms with E-state index in [1.807, 2.05) is 18.2 Å². The molecule has 0 spiro atoms. The van der Waals surface area contributed by atoms with Gasteiger partial charge in [0.2, 0.25) is 0 Å². The number of pyridine rings is 2. The summed E-state index contributed by atoms with van der Waals surface area (Å²) in [5.74, 6) is 1.12. The number of nitrogens with zero attached hydrogens (tertiary/aromatic N) is 2. The minimum absolute atomic E-state index is 0.483. The topological polar surface area (TPSA) is 44.2 Å². The van der Waals surface area contributed by atoms with Gasteiger partial charge in [-0.1, -0.05) is 0 Å². The van der Waals surface area contributed by atoms with Gasteiger partial charge in [0.25, 0.3) is 5.88 Å². The maximum atomic E-state index is 5.31. The lowest BCUT2D eigenvalue weighted by Crippen LogP contribution is -1.95. The van der Waals surface area contributed by atoms with Crippen molar-refractivity contribution >= 4 is 0 Å². The lowest BCUT2D eigenvalue weighted by molar-refractivity contribution is 0.344. The summed E-state index contributed by atoms with van der Waals surface area (Å²) in [6, 6.07) is 5.71. The van der Waals surface area contributed by atoms with Crippen LogP contribution < -0.4 is 9.47 Å². The fourth-order valence-electron chi connectivity index (χ4n) is 1.53. The molecule has 0 atom stereocenters. The number of hydrogen-bond donors (Lipinski definition) is 0. The van der Waals surface area contributed by atoms with E-state index in [9.17, 15) is 0 Å². The molecule has 2 aromatic heterocycles. The third-order valence-electron chi connectivity index (χ3n) is 2.26. The Morgan fingerprint density at radius 1 is 0.938 bits per heavy atom. The van der Waals surface area contributed by atoms with Crippen LogP contribution in [0.5, 0.6) is 11.6 Å². The summed E-state index contributed by atoms with van der Waals surface area (Å²) in [5.41, 5.74) is 1.96. The maximum Gasteiger partial charge on any atom is 0.257 e. The molecule has 0 amide bonds. The SMILES string of the molecule is COc1nccc(-c2ccncc2)c1OC. The first kappa shape index (κ1) is 10.4. The van der Waals surface area contributed by atoms with Crippen LogP contribution >= 0.6 is 0 Å². The molecular weight excluding hydrogens is 204 g/mol. The summed E-state index contributed by atoms with van der Waals surface area (Å²) in [6.45, 7) is 0. The highest BCUT2D eigenvalue weighted by Gasteiger charge is 2.11. The molecule has 0 N–H and O–H groups in total. The van der Waals surface area contributed by atoms with Crippen LogP contribution in [0.2, 0.25) is 0 Å². The lowest BCUT2D eigenvalue weighted by atomic mass is 10.1. The van der Waals surface area contributed by atoms with Crippen molar-refractivity contribution in [3.05, 3.63) is 36.8 Å². The predicted molar refractivity (Wildman–Crippen MR) is 60.6 cm³/mol. The third-order valence-corrected chi connectivity index (χ3v) is 2.26. The predicted octanol–water partition coefficient (Wildman–Crippen LogP) is 2.16. The van der Waals surface area contributed by atoms with E-state index in [4.69, 9.17) is 9.47 Å². The van der Waals surface area contributed by atoms with Gasteiger partial charge >= 0.3 is 0 Å². The van der Waals surface area contributed by atoms with Gasteiger partial charge < -0.3 is 9.47 Å². The Balaban J connectivity index is 2.57. The molecule has 2 heterocycles. The largest absolute Gasteiger partial charge is 0.491 e. The molecule has 0 aromatic carbocycles. The minimum atomic E-state index is 0.483. The second kappa shape index (κ2) is 4.61. The van der Waals surface area contributed by atoms with Crippen LogP contribution in [0, 0.1) is 0 Å². The van der Waals surface area contributed by atoms with Crippen molar-refractivity contribution in [1.29, 1.82) is 0 Å². The first-order valence-corrected chi connectivity index (χ1v) is 4.84. The van der Waals surface area contributed by atoms with Crippen LogP contribution in [-0.4, -0.2) is 24.2 Å². The van der Waals surface area contributed by atoms with Crippen molar-refractivity contribution < 1.29 is 9.47 Å². The van der Waals surface area contributed by atoms with Crippen molar-refractivity contribution in [2.24, 2.45) is 0 Å². The van der Waals surface area contributed by atoms with Gasteiger partial charge in [0.1, 0.15) is 0 Å². The monoisotopic (exact) mass is 216 g/mol. The Morgan fingerprint density at radius 3 is 2.31 bits per heavy atom.